The van der Waals surface area contributed by atoms with Crippen LogP contribution in [0.3, 0.4) is 0 Å². The lowest BCUT2D eigenvalue weighted by atomic mass is 9.93. The number of fused-ring (bicyclic) bond motifs is 1. The monoisotopic (exact) mass is 382 g/mol. The molecule has 6 heteroatoms. The molecule has 2 aromatic heterocycles. The van der Waals surface area contributed by atoms with Crippen molar-refractivity contribution in [3.63, 3.8) is 0 Å². The van der Waals surface area contributed by atoms with E-state index in [1.165, 1.54) is 18.4 Å². The third-order valence-corrected chi connectivity index (χ3v) is 5.61. The van der Waals surface area contributed by atoms with Gasteiger partial charge in [-0.2, -0.15) is 5.10 Å². The number of likely N-dealkylation sites (tertiary alicyclic amines) is 1. The minimum absolute atomic E-state index is 0.570. The van der Waals surface area contributed by atoms with Crippen molar-refractivity contribution in [2.24, 2.45) is 5.92 Å². The summed E-state index contributed by atoms with van der Waals surface area (Å²) in [5, 5.41) is 5.32. The lowest BCUT2D eigenvalue weighted by Crippen LogP contribution is -2.36. The molecule has 0 amide bonds. The van der Waals surface area contributed by atoms with Crippen LogP contribution in [0, 0.1) is 12.8 Å². The largest absolute Gasteiger partial charge is 0.299 e. The van der Waals surface area contributed by atoms with Crippen LogP contribution in [0.4, 0.5) is 0 Å². The van der Waals surface area contributed by atoms with Crippen LogP contribution < -0.4 is 0 Å². The summed E-state index contributed by atoms with van der Waals surface area (Å²) in [6.07, 6.45) is 5.98. The molecule has 0 aliphatic carbocycles. The minimum atomic E-state index is 0.570. The van der Waals surface area contributed by atoms with Crippen molar-refractivity contribution in [3.05, 3.63) is 64.1 Å². The quantitative estimate of drug-likeness (QED) is 0.627. The van der Waals surface area contributed by atoms with Crippen LogP contribution in [0.5, 0.6) is 0 Å². The van der Waals surface area contributed by atoms with E-state index in [0.717, 1.165) is 48.8 Å². The number of hydrogen-bond acceptors (Lipinski definition) is 4. The van der Waals surface area contributed by atoms with Crippen molar-refractivity contribution in [1.29, 1.82) is 0 Å². The number of piperidine rings is 1. The fraction of sp³-hybridized carbons (Fsp3) is 0.381. The fourth-order valence-corrected chi connectivity index (χ4v) is 4.14. The van der Waals surface area contributed by atoms with Crippen LogP contribution in [0.15, 0.2) is 36.5 Å². The zero-order chi connectivity index (χ0) is 18.8. The second kappa shape index (κ2) is 7.79. The van der Waals surface area contributed by atoms with Gasteiger partial charge < -0.3 is 0 Å². The molecule has 3 heterocycles. The number of carbonyl (C=O) groups excluding carboxylic acids is 1. The van der Waals surface area contributed by atoms with Crippen LogP contribution in [0.2, 0.25) is 5.02 Å². The Morgan fingerprint density at radius 1 is 1.26 bits per heavy atom. The molecule has 1 unspecified atom stereocenters. The highest BCUT2D eigenvalue weighted by atomic mass is 35.5. The Hall–Kier alpha value is -2.24. The summed E-state index contributed by atoms with van der Waals surface area (Å²) in [4.78, 5) is 18.2. The third kappa shape index (κ3) is 3.89. The fourth-order valence-electron chi connectivity index (χ4n) is 4.01. The van der Waals surface area contributed by atoms with Crippen LogP contribution in [0.25, 0.3) is 5.65 Å². The van der Waals surface area contributed by atoms with Gasteiger partial charge in [-0.3, -0.25) is 9.69 Å². The number of nitrogens with zero attached hydrogens (tertiary/aromatic N) is 4. The Morgan fingerprint density at radius 2 is 2.07 bits per heavy atom. The van der Waals surface area contributed by atoms with E-state index in [4.69, 9.17) is 11.6 Å². The van der Waals surface area contributed by atoms with E-state index in [1.54, 1.807) is 6.20 Å². The highest BCUT2D eigenvalue weighted by molar-refractivity contribution is 6.30. The lowest BCUT2D eigenvalue weighted by molar-refractivity contribution is 0.112. The van der Waals surface area contributed by atoms with E-state index in [-0.39, 0.29) is 0 Å². The van der Waals surface area contributed by atoms with Gasteiger partial charge in [0.2, 0.25) is 0 Å². The predicted molar refractivity (Wildman–Crippen MR) is 106 cm³/mol. The molecule has 0 spiro atoms. The lowest BCUT2D eigenvalue weighted by Gasteiger charge is -2.32. The second-order valence-electron chi connectivity index (χ2n) is 7.36. The highest BCUT2D eigenvalue weighted by Crippen LogP contribution is 2.23. The molecule has 1 saturated heterocycles. The van der Waals surface area contributed by atoms with Crippen molar-refractivity contribution in [2.45, 2.75) is 32.7 Å². The molecule has 140 valence electrons. The average molecular weight is 383 g/mol. The van der Waals surface area contributed by atoms with Gasteiger partial charge in [-0.25, -0.2) is 9.50 Å². The Bertz CT molecular complexity index is 951. The maximum absolute atomic E-state index is 11.3. The first-order valence-electron chi connectivity index (χ1n) is 9.39. The van der Waals surface area contributed by atoms with E-state index >= 15 is 0 Å². The van der Waals surface area contributed by atoms with E-state index in [2.05, 4.69) is 27.1 Å². The van der Waals surface area contributed by atoms with Gasteiger partial charge in [-0.1, -0.05) is 23.7 Å². The maximum atomic E-state index is 11.3. The molecule has 1 atom stereocenters. The summed E-state index contributed by atoms with van der Waals surface area (Å²) in [6, 6.07) is 10.1. The van der Waals surface area contributed by atoms with Gasteiger partial charge >= 0.3 is 0 Å². The standard InChI is InChI=1S/C21H23ClN4O/c1-15-20(14-27)21-23-9-8-19(26(21)24-15)11-17-3-2-10-25(13-17)12-16-4-6-18(22)7-5-16/h4-9,14,17H,2-3,10-13H2,1H3. The topological polar surface area (TPSA) is 50.5 Å². The van der Waals surface area contributed by atoms with Gasteiger partial charge in [-0.05, 0) is 62.4 Å². The first-order valence-corrected chi connectivity index (χ1v) is 9.77. The Kier molecular flexibility index (Phi) is 5.23. The molecule has 1 aliphatic heterocycles. The first-order chi connectivity index (χ1) is 13.1. The van der Waals surface area contributed by atoms with Gasteiger partial charge in [0, 0.05) is 30.0 Å². The number of aromatic nitrogens is 3. The molecule has 1 aromatic carbocycles. The molecule has 0 radical (unpaired) electrons. The highest BCUT2D eigenvalue weighted by Gasteiger charge is 2.22. The second-order valence-corrected chi connectivity index (χ2v) is 7.80. The molecule has 1 fully saturated rings. The SMILES string of the molecule is Cc1nn2c(CC3CCCN(Cc4ccc(Cl)cc4)C3)ccnc2c1C=O. The Balaban J connectivity index is 1.48. The smallest absolute Gasteiger partial charge is 0.166 e. The molecule has 5 nitrogen and oxygen atoms in total. The zero-order valence-electron chi connectivity index (χ0n) is 15.4. The molecule has 0 saturated carbocycles. The summed E-state index contributed by atoms with van der Waals surface area (Å²) in [5.74, 6) is 0.570. The zero-order valence-corrected chi connectivity index (χ0v) is 16.2. The molecular formula is C21H23ClN4O. The van der Waals surface area contributed by atoms with E-state index < -0.39 is 0 Å². The van der Waals surface area contributed by atoms with Gasteiger partial charge in [0.25, 0.3) is 0 Å². The first kappa shape index (κ1) is 18.1. The van der Waals surface area contributed by atoms with Crippen LogP contribution in [-0.2, 0) is 13.0 Å². The van der Waals surface area contributed by atoms with Crippen LogP contribution in [0.1, 0.15) is 40.2 Å². The number of aryl methyl sites for hydroxylation is 1. The number of rotatable bonds is 5. The molecule has 1 aliphatic rings. The summed E-state index contributed by atoms with van der Waals surface area (Å²) in [6.45, 7) is 5.00. The molecule has 27 heavy (non-hydrogen) atoms. The van der Waals surface area contributed by atoms with Crippen molar-refractivity contribution in [2.75, 3.05) is 13.1 Å². The number of hydrogen-bond donors (Lipinski definition) is 0. The van der Waals surface area contributed by atoms with Crippen molar-refractivity contribution < 1.29 is 4.79 Å². The van der Waals surface area contributed by atoms with Gasteiger partial charge in [-0.15, -0.1) is 0 Å². The number of halogens is 1. The van der Waals surface area contributed by atoms with Gasteiger partial charge in [0.05, 0.1) is 11.3 Å². The molecule has 0 bridgehead atoms. The normalized spacial score (nSPS) is 18.1. The van der Waals surface area contributed by atoms with Crippen molar-refractivity contribution >= 4 is 23.5 Å². The van der Waals surface area contributed by atoms with Crippen molar-refractivity contribution in [3.8, 4) is 0 Å². The van der Waals surface area contributed by atoms with Gasteiger partial charge in [0.1, 0.15) is 0 Å². The van der Waals surface area contributed by atoms with Gasteiger partial charge in [0.15, 0.2) is 11.9 Å². The summed E-state index contributed by atoms with van der Waals surface area (Å²) < 4.78 is 1.84. The molecule has 0 N–H and O–H groups in total. The number of aldehydes is 1. The molecule has 3 aromatic rings. The summed E-state index contributed by atoms with van der Waals surface area (Å²) in [5.41, 5.74) is 4.40. The van der Waals surface area contributed by atoms with Crippen LogP contribution in [-0.4, -0.2) is 38.9 Å². The average Bonchev–Trinajstić information content (AvgIpc) is 3.00. The van der Waals surface area contributed by atoms with E-state index in [0.29, 0.717) is 17.1 Å². The van der Waals surface area contributed by atoms with E-state index in [9.17, 15) is 4.79 Å². The number of carbonyl (C=O) groups is 1. The summed E-state index contributed by atoms with van der Waals surface area (Å²) >= 11 is 5.99. The Morgan fingerprint density at radius 3 is 2.85 bits per heavy atom. The number of benzene rings is 1. The summed E-state index contributed by atoms with van der Waals surface area (Å²) in [7, 11) is 0. The Labute approximate surface area is 164 Å². The van der Waals surface area contributed by atoms with E-state index in [1.807, 2.05) is 29.6 Å². The predicted octanol–water partition coefficient (Wildman–Crippen LogP) is 3.96. The van der Waals surface area contributed by atoms with Crippen LogP contribution >= 0.6 is 11.6 Å². The maximum Gasteiger partial charge on any atom is 0.166 e. The minimum Gasteiger partial charge on any atom is -0.299 e. The molecule has 4 rings (SSSR count). The van der Waals surface area contributed by atoms with Crippen molar-refractivity contribution in [1.82, 2.24) is 19.5 Å². The molecular weight excluding hydrogens is 360 g/mol. The third-order valence-electron chi connectivity index (χ3n) is 5.36.